The van der Waals surface area contributed by atoms with Crippen LogP contribution in [-0.4, -0.2) is 9.97 Å². The van der Waals surface area contributed by atoms with Gasteiger partial charge in [-0.05, 0) is 29.6 Å². The van der Waals surface area contributed by atoms with E-state index in [0.717, 1.165) is 22.3 Å². The number of thiophene rings is 1. The molecule has 0 spiro atoms. The number of anilines is 1. The molecular weight excluding hydrogens is 270 g/mol. The van der Waals surface area contributed by atoms with Crippen LogP contribution in [0.3, 0.4) is 0 Å². The molecule has 0 saturated carbocycles. The van der Waals surface area contributed by atoms with Gasteiger partial charge in [0.05, 0.1) is 5.39 Å². The number of rotatable bonds is 2. The van der Waals surface area contributed by atoms with Crippen molar-refractivity contribution < 1.29 is 8.78 Å². The van der Waals surface area contributed by atoms with Gasteiger partial charge in [0.1, 0.15) is 4.83 Å². The molecule has 0 fully saturated rings. The van der Waals surface area contributed by atoms with Gasteiger partial charge in [-0.15, -0.1) is 11.3 Å². The van der Waals surface area contributed by atoms with Crippen molar-refractivity contribution in [1.82, 2.24) is 9.97 Å². The van der Waals surface area contributed by atoms with Crippen molar-refractivity contribution in [2.75, 3.05) is 5.43 Å². The number of hydrogen-bond donors (Lipinski definition) is 2. The summed E-state index contributed by atoms with van der Waals surface area (Å²) in [6.45, 7) is 0. The summed E-state index contributed by atoms with van der Waals surface area (Å²) in [7, 11) is 0. The number of benzene rings is 1. The molecule has 0 saturated heterocycles. The summed E-state index contributed by atoms with van der Waals surface area (Å²) in [5.74, 6) is 4.31. The van der Waals surface area contributed by atoms with E-state index in [9.17, 15) is 8.78 Å². The van der Waals surface area contributed by atoms with Gasteiger partial charge in [-0.2, -0.15) is 0 Å². The van der Waals surface area contributed by atoms with E-state index in [4.69, 9.17) is 5.84 Å². The molecule has 19 heavy (non-hydrogen) atoms. The molecule has 96 valence electrons. The van der Waals surface area contributed by atoms with Gasteiger partial charge in [0.2, 0.25) is 0 Å². The quantitative estimate of drug-likeness (QED) is 0.559. The van der Waals surface area contributed by atoms with E-state index in [1.165, 1.54) is 17.4 Å². The van der Waals surface area contributed by atoms with Crippen LogP contribution in [0.2, 0.25) is 0 Å². The van der Waals surface area contributed by atoms with Crippen molar-refractivity contribution in [1.29, 1.82) is 0 Å². The Morgan fingerprint density at radius 3 is 2.68 bits per heavy atom. The van der Waals surface area contributed by atoms with Gasteiger partial charge in [-0.25, -0.2) is 24.6 Å². The molecule has 0 aliphatic rings. The number of nitrogens with zero attached hydrogens (tertiary/aromatic N) is 2. The number of aromatic nitrogens is 2. The fourth-order valence-corrected chi connectivity index (χ4v) is 2.49. The van der Waals surface area contributed by atoms with Crippen LogP contribution in [0.15, 0.2) is 29.6 Å². The van der Waals surface area contributed by atoms with Crippen LogP contribution < -0.4 is 11.3 Å². The second-order valence-electron chi connectivity index (χ2n) is 3.81. The lowest BCUT2D eigenvalue weighted by Crippen LogP contribution is -2.09. The highest BCUT2D eigenvalue weighted by molar-refractivity contribution is 7.16. The maximum absolute atomic E-state index is 13.2. The third-order valence-electron chi connectivity index (χ3n) is 2.64. The molecule has 0 unspecified atom stereocenters. The van der Waals surface area contributed by atoms with Gasteiger partial charge in [0, 0.05) is 5.56 Å². The SMILES string of the molecule is NNc1nc(-c2ccc(F)c(F)c2)nc2sccc12. The fraction of sp³-hybridized carbons (Fsp3) is 0. The van der Waals surface area contributed by atoms with Crippen LogP contribution in [0, 0.1) is 11.6 Å². The van der Waals surface area contributed by atoms with Gasteiger partial charge < -0.3 is 5.43 Å². The van der Waals surface area contributed by atoms with Crippen molar-refractivity contribution in [3.8, 4) is 11.4 Å². The largest absolute Gasteiger partial charge is 0.308 e. The molecule has 0 amide bonds. The number of fused-ring (bicyclic) bond motifs is 1. The van der Waals surface area contributed by atoms with Crippen molar-refractivity contribution >= 4 is 27.4 Å². The standard InChI is InChI=1S/C12H8F2N4S/c13-8-2-1-6(5-9(8)14)10-16-11(18-15)7-3-4-19-12(7)17-10/h1-5H,15H2,(H,16,17,18). The van der Waals surface area contributed by atoms with Gasteiger partial charge >= 0.3 is 0 Å². The molecule has 2 heterocycles. The van der Waals surface area contributed by atoms with Crippen LogP contribution in [0.4, 0.5) is 14.6 Å². The zero-order valence-corrected chi connectivity index (χ0v) is 10.3. The first-order chi connectivity index (χ1) is 9.19. The Balaban J connectivity index is 2.21. The maximum Gasteiger partial charge on any atom is 0.163 e. The Hall–Kier alpha value is -2.12. The Morgan fingerprint density at radius 1 is 1.11 bits per heavy atom. The molecule has 3 N–H and O–H groups in total. The zero-order chi connectivity index (χ0) is 13.4. The molecule has 3 rings (SSSR count). The first kappa shape index (κ1) is 11.9. The summed E-state index contributed by atoms with van der Waals surface area (Å²) < 4.78 is 26.2. The Labute approximate surface area is 110 Å². The lowest BCUT2D eigenvalue weighted by atomic mass is 10.2. The maximum atomic E-state index is 13.2. The van der Waals surface area contributed by atoms with Crippen LogP contribution in [0.25, 0.3) is 21.6 Å². The molecule has 0 atom stereocenters. The second kappa shape index (κ2) is 4.52. The van der Waals surface area contributed by atoms with E-state index in [0.29, 0.717) is 17.2 Å². The number of hydrogen-bond acceptors (Lipinski definition) is 5. The highest BCUT2D eigenvalue weighted by Crippen LogP contribution is 2.28. The van der Waals surface area contributed by atoms with Crippen molar-refractivity contribution in [3.63, 3.8) is 0 Å². The molecule has 4 nitrogen and oxygen atoms in total. The van der Waals surface area contributed by atoms with Crippen molar-refractivity contribution in [2.45, 2.75) is 0 Å². The molecular formula is C12H8F2N4S. The topological polar surface area (TPSA) is 63.8 Å². The van der Waals surface area contributed by atoms with E-state index in [1.54, 1.807) is 0 Å². The molecule has 0 radical (unpaired) electrons. The van der Waals surface area contributed by atoms with E-state index in [-0.39, 0.29) is 0 Å². The van der Waals surface area contributed by atoms with Gasteiger partial charge in [0.15, 0.2) is 23.3 Å². The lowest BCUT2D eigenvalue weighted by molar-refractivity contribution is 0.509. The Kier molecular flexibility index (Phi) is 2.84. The highest BCUT2D eigenvalue weighted by atomic mass is 32.1. The number of halogens is 2. The van der Waals surface area contributed by atoms with E-state index in [2.05, 4.69) is 15.4 Å². The average molecular weight is 278 g/mol. The van der Waals surface area contributed by atoms with E-state index < -0.39 is 11.6 Å². The van der Waals surface area contributed by atoms with Gasteiger partial charge in [0.25, 0.3) is 0 Å². The molecule has 2 aromatic heterocycles. The number of nitrogen functional groups attached to an aromatic ring is 1. The number of hydrazine groups is 1. The third-order valence-corrected chi connectivity index (χ3v) is 3.45. The molecule has 0 aliphatic carbocycles. The predicted molar refractivity (Wildman–Crippen MR) is 70.6 cm³/mol. The Morgan fingerprint density at radius 2 is 1.95 bits per heavy atom. The average Bonchev–Trinajstić information content (AvgIpc) is 2.89. The number of nitrogens with one attached hydrogen (secondary N) is 1. The fourth-order valence-electron chi connectivity index (χ4n) is 1.73. The Bertz CT molecular complexity index is 757. The third kappa shape index (κ3) is 2.02. The summed E-state index contributed by atoms with van der Waals surface area (Å²) >= 11 is 1.42. The molecule has 0 bridgehead atoms. The first-order valence-corrected chi connectivity index (χ1v) is 6.24. The normalized spacial score (nSPS) is 10.9. The van der Waals surface area contributed by atoms with Crippen LogP contribution in [0.5, 0.6) is 0 Å². The monoisotopic (exact) mass is 278 g/mol. The molecule has 7 heteroatoms. The second-order valence-corrected chi connectivity index (χ2v) is 4.70. The van der Waals surface area contributed by atoms with Crippen LogP contribution >= 0.6 is 11.3 Å². The summed E-state index contributed by atoms with van der Waals surface area (Å²) in [6.07, 6.45) is 0. The minimum absolute atomic E-state index is 0.293. The van der Waals surface area contributed by atoms with Crippen LogP contribution in [0.1, 0.15) is 0 Å². The summed E-state index contributed by atoms with van der Waals surface area (Å²) in [5.41, 5.74) is 2.87. The highest BCUT2D eigenvalue weighted by Gasteiger charge is 2.11. The lowest BCUT2D eigenvalue weighted by Gasteiger charge is -2.05. The zero-order valence-electron chi connectivity index (χ0n) is 9.52. The van der Waals surface area contributed by atoms with E-state index in [1.807, 2.05) is 11.4 Å². The predicted octanol–water partition coefficient (Wildman–Crippen LogP) is 2.92. The van der Waals surface area contributed by atoms with E-state index >= 15 is 0 Å². The van der Waals surface area contributed by atoms with Gasteiger partial charge in [-0.1, -0.05) is 0 Å². The summed E-state index contributed by atoms with van der Waals surface area (Å²) in [4.78, 5) is 9.24. The first-order valence-electron chi connectivity index (χ1n) is 5.36. The van der Waals surface area contributed by atoms with Gasteiger partial charge in [-0.3, -0.25) is 0 Å². The summed E-state index contributed by atoms with van der Waals surface area (Å²) in [6, 6.07) is 5.37. The van der Waals surface area contributed by atoms with Crippen molar-refractivity contribution in [3.05, 3.63) is 41.3 Å². The molecule has 1 aromatic carbocycles. The molecule has 0 aliphatic heterocycles. The minimum atomic E-state index is -0.936. The minimum Gasteiger partial charge on any atom is -0.308 e. The smallest absolute Gasteiger partial charge is 0.163 e. The molecule has 3 aromatic rings. The van der Waals surface area contributed by atoms with Crippen LogP contribution in [-0.2, 0) is 0 Å². The number of nitrogens with two attached hydrogens (primary N) is 1. The van der Waals surface area contributed by atoms with Crippen molar-refractivity contribution in [2.24, 2.45) is 5.84 Å². The summed E-state index contributed by atoms with van der Waals surface area (Å²) in [5, 5.41) is 2.65.